The Balaban J connectivity index is 1.79. The van der Waals surface area contributed by atoms with Crippen LogP contribution in [0.3, 0.4) is 0 Å². The summed E-state index contributed by atoms with van der Waals surface area (Å²) in [6.07, 6.45) is 1.44. The van der Waals surface area contributed by atoms with Crippen molar-refractivity contribution in [2.24, 2.45) is 5.10 Å². The minimum absolute atomic E-state index is 0.00540. The third-order valence-corrected chi connectivity index (χ3v) is 4.03. The Hall–Kier alpha value is -3.48. The summed E-state index contributed by atoms with van der Waals surface area (Å²) in [5.74, 6) is -0.159. The fourth-order valence-electron chi connectivity index (χ4n) is 2.85. The molecule has 3 aromatic rings. The second kappa shape index (κ2) is 7.18. The molecule has 0 fully saturated rings. The standard InChI is InChI=1S/C19H18N4O3/c1-12(2)17-15-5-3-4-6-16(15)21-18(17)19(24)22-20-11-13-7-9-14(10-8-13)23(25)26/h3-12,21H,1-2H3,(H,22,24)/b20-11+. The fourth-order valence-corrected chi connectivity index (χ4v) is 2.85. The maximum atomic E-state index is 12.5. The van der Waals surface area contributed by atoms with Crippen molar-refractivity contribution >= 4 is 28.7 Å². The molecular weight excluding hydrogens is 332 g/mol. The molecule has 0 aliphatic rings. The lowest BCUT2D eigenvalue weighted by Crippen LogP contribution is -2.19. The van der Waals surface area contributed by atoms with Gasteiger partial charge in [-0.15, -0.1) is 0 Å². The van der Waals surface area contributed by atoms with E-state index in [9.17, 15) is 14.9 Å². The number of nitrogens with zero attached hydrogens (tertiary/aromatic N) is 2. The van der Waals surface area contributed by atoms with Crippen LogP contribution in [0.4, 0.5) is 5.69 Å². The number of carbonyl (C=O) groups is 1. The number of hydrazone groups is 1. The summed E-state index contributed by atoms with van der Waals surface area (Å²) in [6, 6.07) is 13.7. The van der Waals surface area contributed by atoms with Crippen LogP contribution in [0, 0.1) is 10.1 Å². The Morgan fingerprint density at radius 1 is 1.19 bits per heavy atom. The molecule has 0 unspecified atom stereocenters. The van der Waals surface area contributed by atoms with Gasteiger partial charge >= 0.3 is 0 Å². The van der Waals surface area contributed by atoms with Crippen LogP contribution in [0.25, 0.3) is 10.9 Å². The highest BCUT2D eigenvalue weighted by molar-refractivity contribution is 6.01. The van der Waals surface area contributed by atoms with Gasteiger partial charge in [-0.1, -0.05) is 32.0 Å². The lowest BCUT2D eigenvalue weighted by atomic mass is 9.99. The van der Waals surface area contributed by atoms with Crippen molar-refractivity contribution < 1.29 is 9.72 Å². The van der Waals surface area contributed by atoms with Crippen LogP contribution in [-0.2, 0) is 0 Å². The minimum Gasteiger partial charge on any atom is -0.350 e. The van der Waals surface area contributed by atoms with E-state index >= 15 is 0 Å². The first-order valence-electron chi connectivity index (χ1n) is 8.16. The quantitative estimate of drug-likeness (QED) is 0.414. The van der Waals surface area contributed by atoms with Crippen molar-refractivity contribution in [3.05, 3.63) is 75.5 Å². The van der Waals surface area contributed by atoms with Crippen LogP contribution in [0.2, 0.25) is 0 Å². The van der Waals surface area contributed by atoms with Crippen LogP contribution in [0.1, 0.15) is 41.4 Å². The van der Waals surface area contributed by atoms with Crippen molar-refractivity contribution in [3.63, 3.8) is 0 Å². The normalized spacial score (nSPS) is 11.3. The average molecular weight is 350 g/mol. The van der Waals surface area contributed by atoms with Crippen molar-refractivity contribution in [1.82, 2.24) is 10.4 Å². The molecule has 2 aromatic carbocycles. The minimum atomic E-state index is -0.466. The second-order valence-electron chi connectivity index (χ2n) is 6.16. The summed E-state index contributed by atoms with van der Waals surface area (Å²) in [5.41, 5.74) is 5.50. The Morgan fingerprint density at radius 3 is 2.54 bits per heavy atom. The Morgan fingerprint density at radius 2 is 1.88 bits per heavy atom. The maximum absolute atomic E-state index is 12.5. The van der Waals surface area contributed by atoms with Crippen molar-refractivity contribution in [2.45, 2.75) is 19.8 Å². The second-order valence-corrected chi connectivity index (χ2v) is 6.16. The number of H-pyrrole nitrogens is 1. The predicted octanol–water partition coefficient (Wildman–Crippen LogP) is 3.96. The molecule has 1 heterocycles. The number of rotatable bonds is 5. The molecule has 0 saturated heterocycles. The van der Waals surface area contributed by atoms with Crippen LogP contribution < -0.4 is 5.43 Å². The van der Waals surface area contributed by atoms with Crippen molar-refractivity contribution in [3.8, 4) is 0 Å². The molecular formula is C19H18N4O3. The number of aromatic amines is 1. The molecule has 7 heteroatoms. The fraction of sp³-hybridized carbons (Fsp3) is 0.158. The molecule has 0 saturated carbocycles. The highest BCUT2D eigenvalue weighted by Gasteiger charge is 2.19. The van der Waals surface area contributed by atoms with Gasteiger partial charge in [0.15, 0.2) is 0 Å². The number of benzene rings is 2. The predicted molar refractivity (Wildman–Crippen MR) is 101 cm³/mol. The summed E-state index contributed by atoms with van der Waals surface area (Å²) >= 11 is 0. The first-order valence-corrected chi connectivity index (χ1v) is 8.16. The van der Waals surface area contributed by atoms with E-state index in [0.717, 1.165) is 16.5 Å². The first kappa shape index (κ1) is 17.3. The zero-order chi connectivity index (χ0) is 18.7. The topological polar surface area (TPSA) is 100 Å². The Labute approximate surface area is 149 Å². The van der Waals surface area contributed by atoms with E-state index < -0.39 is 4.92 Å². The number of para-hydroxylation sites is 1. The number of nitrogens with one attached hydrogen (secondary N) is 2. The number of hydrogen-bond acceptors (Lipinski definition) is 4. The zero-order valence-corrected chi connectivity index (χ0v) is 14.4. The number of nitro benzene ring substituents is 1. The van der Waals surface area contributed by atoms with Gasteiger partial charge in [0, 0.05) is 23.0 Å². The molecule has 0 atom stereocenters. The summed E-state index contributed by atoms with van der Waals surface area (Å²) in [4.78, 5) is 25.9. The molecule has 1 amide bonds. The molecule has 26 heavy (non-hydrogen) atoms. The van der Waals surface area contributed by atoms with E-state index in [1.54, 1.807) is 12.1 Å². The largest absolute Gasteiger partial charge is 0.350 e. The highest BCUT2D eigenvalue weighted by Crippen LogP contribution is 2.29. The van der Waals surface area contributed by atoms with E-state index in [2.05, 4.69) is 15.5 Å². The van der Waals surface area contributed by atoms with Gasteiger partial charge in [0.2, 0.25) is 0 Å². The van der Waals surface area contributed by atoms with E-state index in [0.29, 0.717) is 11.3 Å². The summed E-state index contributed by atoms with van der Waals surface area (Å²) in [7, 11) is 0. The third-order valence-electron chi connectivity index (χ3n) is 4.03. The van der Waals surface area contributed by atoms with E-state index in [4.69, 9.17) is 0 Å². The maximum Gasteiger partial charge on any atom is 0.288 e. The molecule has 0 radical (unpaired) electrons. The summed E-state index contributed by atoms with van der Waals surface area (Å²) in [5, 5.41) is 15.6. The number of fused-ring (bicyclic) bond motifs is 1. The Bertz CT molecular complexity index is 988. The van der Waals surface area contributed by atoms with E-state index in [-0.39, 0.29) is 17.5 Å². The van der Waals surface area contributed by atoms with Gasteiger partial charge in [-0.25, -0.2) is 5.43 Å². The first-order chi connectivity index (χ1) is 12.5. The molecule has 7 nitrogen and oxygen atoms in total. The molecule has 132 valence electrons. The van der Waals surface area contributed by atoms with Gasteiger partial charge in [0.05, 0.1) is 11.1 Å². The number of hydrogen-bond donors (Lipinski definition) is 2. The third kappa shape index (κ3) is 3.46. The van der Waals surface area contributed by atoms with Crippen molar-refractivity contribution in [1.29, 1.82) is 0 Å². The van der Waals surface area contributed by atoms with Crippen LogP contribution >= 0.6 is 0 Å². The molecule has 0 aliphatic heterocycles. The zero-order valence-electron chi connectivity index (χ0n) is 14.4. The van der Waals surface area contributed by atoms with Gasteiger partial charge in [-0.05, 0) is 35.2 Å². The average Bonchev–Trinajstić information content (AvgIpc) is 3.02. The lowest BCUT2D eigenvalue weighted by Gasteiger charge is -2.07. The van der Waals surface area contributed by atoms with Gasteiger partial charge < -0.3 is 4.98 Å². The number of nitro groups is 1. The van der Waals surface area contributed by atoms with Crippen molar-refractivity contribution in [2.75, 3.05) is 0 Å². The molecule has 0 aliphatic carbocycles. The number of amides is 1. The van der Waals surface area contributed by atoms with Gasteiger partial charge in [0.1, 0.15) is 5.69 Å². The number of non-ortho nitro benzene ring substituents is 1. The molecule has 3 rings (SSSR count). The van der Waals surface area contributed by atoms with Crippen LogP contribution in [-0.4, -0.2) is 22.0 Å². The number of aromatic nitrogens is 1. The number of carbonyl (C=O) groups excluding carboxylic acids is 1. The molecule has 2 N–H and O–H groups in total. The van der Waals surface area contributed by atoms with E-state index in [1.165, 1.54) is 18.3 Å². The lowest BCUT2D eigenvalue weighted by molar-refractivity contribution is -0.384. The summed E-state index contributed by atoms with van der Waals surface area (Å²) in [6.45, 7) is 4.07. The monoisotopic (exact) mass is 350 g/mol. The molecule has 1 aromatic heterocycles. The molecule has 0 bridgehead atoms. The van der Waals surface area contributed by atoms with Crippen LogP contribution in [0.15, 0.2) is 53.6 Å². The highest BCUT2D eigenvalue weighted by atomic mass is 16.6. The van der Waals surface area contributed by atoms with Gasteiger partial charge in [0.25, 0.3) is 11.6 Å². The van der Waals surface area contributed by atoms with Gasteiger partial charge in [-0.2, -0.15) is 5.10 Å². The smallest absolute Gasteiger partial charge is 0.288 e. The molecule has 0 spiro atoms. The van der Waals surface area contributed by atoms with Gasteiger partial charge in [-0.3, -0.25) is 14.9 Å². The van der Waals surface area contributed by atoms with Crippen LogP contribution in [0.5, 0.6) is 0 Å². The Kier molecular flexibility index (Phi) is 4.79. The summed E-state index contributed by atoms with van der Waals surface area (Å²) < 4.78 is 0. The van der Waals surface area contributed by atoms with E-state index in [1.807, 2.05) is 38.1 Å². The SMILES string of the molecule is CC(C)c1c(C(=O)N/N=C/c2ccc([N+](=O)[O-])cc2)[nH]c2ccccc12.